The molecule has 1 aliphatic carbocycles. The first-order chi connectivity index (χ1) is 15.3. The number of carbonyl (C=O) groups is 1. The van der Waals surface area contributed by atoms with Gasteiger partial charge in [0.25, 0.3) is 0 Å². The fourth-order valence-electron chi connectivity index (χ4n) is 4.91. The summed E-state index contributed by atoms with van der Waals surface area (Å²) in [5.41, 5.74) is 3.77. The molecule has 32 heavy (non-hydrogen) atoms. The van der Waals surface area contributed by atoms with E-state index < -0.39 is 0 Å². The predicted octanol–water partition coefficient (Wildman–Crippen LogP) is 3.72. The highest BCUT2D eigenvalue weighted by atomic mass is 16.5. The second-order valence-corrected chi connectivity index (χ2v) is 10.2. The van der Waals surface area contributed by atoms with E-state index in [1.54, 1.807) is 6.08 Å². The number of pyridine rings is 1. The van der Waals surface area contributed by atoms with E-state index in [1.807, 2.05) is 4.90 Å². The summed E-state index contributed by atoms with van der Waals surface area (Å²) in [6.45, 7) is 15.1. The highest BCUT2D eigenvalue weighted by molar-refractivity contribution is 5.75. The third kappa shape index (κ3) is 4.33. The maximum atomic E-state index is 12.7. The molecule has 1 aromatic heterocycles. The first-order valence-corrected chi connectivity index (χ1v) is 11.8. The fourth-order valence-corrected chi connectivity index (χ4v) is 4.91. The van der Waals surface area contributed by atoms with Gasteiger partial charge in [0.2, 0.25) is 0 Å². The Labute approximate surface area is 191 Å². The highest BCUT2D eigenvalue weighted by Crippen LogP contribution is 2.45. The van der Waals surface area contributed by atoms with Crippen LogP contribution in [-0.2, 0) is 17.8 Å². The molecule has 1 N–H and O–H groups in total. The van der Waals surface area contributed by atoms with Gasteiger partial charge in [0.05, 0.1) is 29.5 Å². The van der Waals surface area contributed by atoms with Crippen LogP contribution < -0.4 is 10.2 Å². The Hall–Kier alpha value is -2.59. The quantitative estimate of drug-likeness (QED) is 0.710. The van der Waals surface area contributed by atoms with Crippen LogP contribution in [-0.4, -0.2) is 53.7 Å². The van der Waals surface area contributed by atoms with E-state index in [0.29, 0.717) is 44.3 Å². The number of piperazine rings is 1. The molecule has 2 aliphatic heterocycles. The largest absolute Gasteiger partial charge is 0.370 e. The summed E-state index contributed by atoms with van der Waals surface area (Å²) in [5.74, 6) is 1.56. The number of nitrogens with zero attached hydrogens (tertiary/aromatic N) is 4. The standard InChI is InChI=1S/C25H35N5O2/c1-6-9-27-24(31)30-11-10-29(14-21(30)16(2)3)23-19(13-26)18-12-25(4,5)32-15-20(18)22(28-23)17-7-8-17/h6,16-17,21H,1,7-12,14-15H2,2-5H3,(H,27,31)/t21-/m0/s1. The van der Waals surface area contributed by atoms with E-state index in [4.69, 9.17) is 9.72 Å². The van der Waals surface area contributed by atoms with Gasteiger partial charge in [-0.25, -0.2) is 9.78 Å². The van der Waals surface area contributed by atoms with Gasteiger partial charge < -0.3 is 19.9 Å². The minimum atomic E-state index is -0.291. The summed E-state index contributed by atoms with van der Waals surface area (Å²) >= 11 is 0. The number of ether oxygens (including phenoxy) is 1. The van der Waals surface area contributed by atoms with Crippen molar-refractivity contribution < 1.29 is 9.53 Å². The number of nitriles is 1. The molecule has 1 aromatic rings. The zero-order valence-corrected chi connectivity index (χ0v) is 19.8. The molecule has 0 bridgehead atoms. The van der Waals surface area contributed by atoms with Crippen molar-refractivity contribution in [3.63, 3.8) is 0 Å². The molecule has 1 saturated carbocycles. The molecular formula is C25H35N5O2. The molecule has 0 spiro atoms. The van der Waals surface area contributed by atoms with Gasteiger partial charge in [-0.15, -0.1) is 6.58 Å². The molecule has 1 saturated heterocycles. The first-order valence-electron chi connectivity index (χ1n) is 11.8. The summed E-state index contributed by atoms with van der Waals surface area (Å²) in [4.78, 5) is 22.0. The van der Waals surface area contributed by atoms with Crippen molar-refractivity contribution in [3.8, 4) is 6.07 Å². The molecule has 1 atom stereocenters. The average Bonchev–Trinajstić information content (AvgIpc) is 3.60. The Balaban J connectivity index is 1.69. The topological polar surface area (TPSA) is 81.5 Å². The Morgan fingerprint density at radius 3 is 2.75 bits per heavy atom. The SMILES string of the molecule is C=CCNC(=O)N1CCN(c2nc(C3CC3)c3c(c2C#N)CC(C)(C)OC3)C[C@H]1C(C)C. The van der Waals surface area contributed by atoms with Crippen LogP contribution in [0.3, 0.4) is 0 Å². The number of anilines is 1. The van der Waals surface area contributed by atoms with Crippen LogP contribution >= 0.6 is 0 Å². The monoisotopic (exact) mass is 437 g/mol. The molecule has 2 fully saturated rings. The Kier molecular flexibility index (Phi) is 6.17. The van der Waals surface area contributed by atoms with E-state index in [0.717, 1.165) is 41.9 Å². The number of urea groups is 1. The van der Waals surface area contributed by atoms with Crippen LogP contribution in [0.4, 0.5) is 10.6 Å². The zero-order chi connectivity index (χ0) is 23.0. The molecule has 0 radical (unpaired) electrons. The van der Waals surface area contributed by atoms with Crippen LogP contribution in [0.5, 0.6) is 0 Å². The minimum absolute atomic E-state index is 0.0436. The van der Waals surface area contributed by atoms with Crippen molar-refractivity contribution in [2.75, 3.05) is 31.1 Å². The summed E-state index contributed by atoms with van der Waals surface area (Å²) in [7, 11) is 0. The van der Waals surface area contributed by atoms with Gasteiger partial charge >= 0.3 is 6.03 Å². The first kappa shape index (κ1) is 22.6. The van der Waals surface area contributed by atoms with Gasteiger partial charge in [-0.2, -0.15) is 5.26 Å². The Bertz CT molecular complexity index is 945. The van der Waals surface area contributed by atoms with Gasteiger partial charge in [-0.1, -0.05) is 19.9 Å². The Morgan fingerprint density at radius 1 is 1.38 bits per heavy atom. The lowest BCUT2D eigenvalue weighted by atomic mass is 9.87. The molecule has 0 unspecified atom stereocenters. The number of fused-ring (bicyclic) bond motifs is 1. The van der Waals surface area contributed by atoms with Crippen LogP contribution in [0.25, 0.3) is 0 Å². The van der Waals surface area contributed by atoms with Crippen LogP contribution in [0.1, 0.15) is 68.8 Å². The summed E-state index contributed by atoms with van der Waals surface area (Å²) in [6.07, 6.45) is 4.72. The lowest BCUT2D eigenvalue weighted by Crippen LogP contribution is -2.59. The van der Waals surface area contributed by atoms with Crippen molar-refractivity contribution in [2.45, 2.75) is 71.1 Å². The number of hydrogen-bond acceptors (Lipinski definition) is 5. The van der Waals surface area contributed by atoms with Crippen molar-refractivity contribution in [3.05, 3.63) is 35.0 Å². The molecule has 7 heteroatoms. The second kappa shape index (κ2) is 8.74. The molecule has 3 heterocycles. The lowest BCUT2D eigenvalue weighted by Gasteiger charge is -2.44. The second-order valence-electron chi connectivity index (χ2n) is 10.2. The van der Waals surface area contributed by atoms with Crippen molar-refractivity contribution in [2.24, 2.45) is 5.92 Å². The molecule has 0 aromatic carbocycles. The third-order valence-electron chi connectivity index (χ3n) is 6.86. The normalized spacial score (nSPS) is 22.3. The van der Waals surface area contributed by atoms with Gasteiger partial charge in [0.15, 0.2) is 0 Å². The fraction of sp³-hybridized carbons (Fsp3) is 0.640. The van der Waals surface area contributed by atoms with Gasteiger partial charge in [0, 0.05) is 44.1 Å². The van der Waals surface area contributed by atoms with E-state index in [9.17, 15) is 10.1 Å². The van der Waals surface area contributed by atoms with Crippen molar-refractivity contribution in [1.82, 2.24) is 15.2 Å². The van der Waals surface area contributed by atoms with Crippen molar-refractivity contribution in [1.29, 1.82) is 5.26 Å². The number of nitrogens with one attached hydrogen (secondary N) is 1. The summed E-state index contributed by atoms with van der Waals surface area (Å²) < 4.78 is 6.10. The van der Waals surface area contributed by atoms with Gasteiger partial charge in [-0.05, 0) is 38.2 Å². The maximum Gasteiger partial charge on any atom is 0.318 e. The van der Waals surface area contributed by atoms with Crippen LogP contribution in [0.15, 0.2) is 12.7 Å². The molecule has 172 valence electrons. The molecule has 7 nitrogen and oxygen atoms in total. The number of carbonyl (C=O) groups excluding carboxylic acids is 1. The van der Waals surface area contributed by atoms with E-state index in [2.05, 4.69) is 50.6 Å². The van der Waals surface area contributed by atoms with E-state index in [1.165, 1.54) is 0 Å². The predicted molar refractivity (Wildman–Crippen MR) is 125 cm³/mol. The molecular weight excluding hydrogens is 402 g/mol. The number of amides is 2. The summed E-state index contributed by atoms with van der Waals surface area (Å²) in [6, 6.07) is 2.48. The van der Waals surface area contributed by atoms with E-state index >= 15 is 0 Å². The number of rotatable bonds is 5. The number of hydrogen-bond donors (Lipinski definition) is 1. The maximum absolute atomic E-state index is 12.7. The minimum Gasteiger partial charge on any atom is -0.370 e. The molecule has 2 amide bonds. The average molecular weight is 438 g/mol. The third-order valence-corrected chi connectivity index (χ3v) is 6.86. The molecule has 3 aliphatic rings. The lowest BCUT2D eigenvalue weighted by molar-refractivity contribution is -0.0407. The zero-order valence-electron chi connectivity index (χ0n) is 19.8. The summed E-state index contributed by atoms with van der Waals surface area (Å²) in [5, 5.41) is 13.1. The van der Waals surface area contributed by atoms with Gasteiger partial charge in [0.1, 0.15) is 11.9 Å². The highest BCUT2D eigenvalue weighted by Gasteiger charge is 2.39. The number of aromatic nitrogens is 1. The van der Waals surface area contributed by atoms with Gasteiger partial charge in [-0.3, -0.25) is 0 Å². The molecule has 4 rings (SSSR count). The van der Waals surface area contributed by atoms with Crippen LogP contribution in [0, 0.1) is 17.2 Å². The smallest absolute Gasteiger partial charge is 0.318 e. The van der Waals surface area contributed by atoms with Crippen LogP contribution in [0.2, 0.25) is 0 Å². The Morgan fingerprint density at radius 2 is 2.12 bits per heavy atom. The van der Waals surface area contributed by atoms with Crippen molar-refractivity contribution >= 4 is 11.8 Å². The van der Waals surface area contributed by atoms with E-state index in [-0.39, 0.29) is 23.6 Å².